The van der Waals surface area contributed by atoms with Crippen LogP contribution < -0.4 is 5.73 Å². The Bertz CT molecular complexity index is 974. The molecule has 1 saturated heterocycles. The zero-order valence-electron chi connectivity index (χ0n) is 15.9. The van der Waals surface area contributed by atoms with E-state index in [-0.39, 0.29) is 30.2 Å². The highest BCUT2D eigenvalue weighted by atomic mass is 35.5. The van der Waals surface area contributed by atoms with Gasteiger partial charge in [-0.1, -0.05) is 0 Å². The van der Waals surface area contributed by atoms with Crippen LogP contribution in [0.3, 0.4) is 0 Å². The van der Waals surface area contributed by atoms with Crippen molar-refractivity contribution in [3.63, 3.8) is 0 Å². The molecule has 0 aliphatic carbocycles. The summed E-state index contributed by atoms with van der Waals surface area (Å²) < 4.78 is 15.0. The van der Waals surface area contributed by atoms with Crippen molar-refractivity contribution in [3.8, 4) is 5.69 Å². The molecular weight excluding hydrogens is 399 g/mol. The summed E-state index contributed by atoms with van der Waals surface area (Å²) in [5, 5.41) is 5.53. The number of aryl methyl sites for hydroxylation is 1. The molecule has 0 saturated carbocycles. The molecule has 1 atom stereocenters. The van der Waals surface area contributed by atoms with E-state index in [0.29, 0.717) is 5.92 Å². The zero-order valence-corrected chi connectivity index (χ0v) is 17.5. The third kappa shape index (κ3) is 3.79. The van der Waals surface area contributed by atoms with Crippen LogP contribution in [0.2, 0.25) is 0 Å². The van der Waals surface area contributed by atoms with Crippen LogP contribution in [0, 0.1) is 18.7 Å². The predicted octanol–water partition coefficient (Wildman–Crippen LogP) is 4.16. The lowest BCUT2D eigenvalue weighted by Gasteiger charge is -2.33. The maximum Gasteiger partial charge on any atom is 0.264 e. The number of hydrogen-bond donors (Lipinski definition) is 1. The fourth-order valence-corrected chi connectivity index (χ4v) is 4.84. The summed E-state index contributed by atoms with van der Waals surface area (Å²) in [6.07, 6.45) is 1.91. The SMILES string of the molecule is Cc1nn(-c2ccc(F)cc2)c2sc(C(=O)N3CCC(C(C)N)CC3)cc12.Cl. The third-order valence-corrected chi connectivity index (χ3v) is 6.50. The highest BCUT2D eigenvalue weighted by molar-refractivity contribution is 7.20. The largest absolute Gasteiger partial charge is 0.338 e. The number of fused-ring (bicyclic) bond motifs is 1. The first kappa shape index (κ1) is 20.8. The summed E-state index contributed by atoms with van der Waals surface area (Å²) >= 11 is 1.44. The molecule has 28 heavy (non-hydrogen) atoms. The van der Waals surface area contributed by atoms with Gasteiger partial charge in [0.2, 0.25) is 0 Å². The Hall–Kier alpha value is -1.96. The number of carbonyl (C=O) groups is 1. The van der Waals surface area contributed by atoms with Crippen LogP contribution >= 0.6 is 23.7 Å². The van der Waals surface area contributed by atoms with Crippen molar-refractivity contribution in [2.45, 2.75) is 32.7 Å². The van der Waals surface area contributed by atoms with Crippen LogP contribution in [0.5, 0.6) is 0 Å². The number of benzene rings is 1. The Balaban J connectivity index is 0.00000225. The Labute approximate surface area is 173 Å². The molecule has 2 N–H and O–H groups in total. The van der Waals surface area contributed by atoms with Gasteiger partial charge in [-0.2, -0.15) is 5.10 Å². The van der Waals surface area contributed by atoms with Gasteiger partial charge >= 0.3 is 0 Å². The first-order valence-electron chi connectivity index (χ1n) is 9.24. The van der Waals surface area contributed by atoms with Crippen LogP contribution in [-0.4, -0.2) is 39.7 Å². The van der Waals surface area contributed by atoms with E-state index >= 15 is 0 Å². The van der Waals surface area contributed by atoms with Crippen molar-refractivity contribution in [2.24, 2.45) is 11.7 Å². The van der Waals surface area contributed by atoms with Crippen LogP contribution in [0.15, 0.2) is 30.3 Å². The monoisotopic (exact) mass is 422 g/mol. The van der Waals surface area contributed by atoms with E-state index in [2.05, 4.69) is 5.10 Å². The quantitative estimate of drug-likeness (QED) is 0.689. The van der Waals surface area contributed by atoms with Gasteiger partial charge in [0.15, 0.2) is 0 Å². The minimum absolute atomic E-state index is 0. The van der Waals surface area contributed by atoms with Crippen LogP contribution in [0.4, 0.5) is 4.39 Å². The molecule has 150 valence electrons. The van der Waals surface area contributed by atoms with Crippen molar-refractivity contribution >= 4 is 39.9 Å². The predicted molar refractivity (Wildman–Crippen MR) is 113 cm³/mol. The number of aromatic nitrogens is 2. The second-order valence-corrected chi connectivity index (χ2v) is 8.32. The first-order chi connectivity index (χ1) is 12.9. The lowest BCUT2D eigenvalue weighted by Crippen LogP contribution is -2.42. The zero-order chi connectivity index (χ0) is 19.1. The molecule has 1 fully saturated rings. The van der Waals surface area contributed by atoms with E-state index in [4.69, 9.17) is 5.73 Å². The molecule has 1 unspecified atom stereocenters. The molecule has 1 aromatic carbocycles. The summed E-state index contributed by atoms with van der Waals surface area (Å²) in [5.74, 6) is 0.284. The minimum atomic E-state index is -0.281. The van der Waals surface area contributed by atoms with E-state index in [1.54, 1.807) is 16.8 Å². The maximum absolute atomic E-state index is 13.2. The second-order valence-electron chi connectivity index (χ2n) is 7.29. The number of likely N-dealkylation sites (tertiary alicyclic amines) is 1. The number of halogens is 2. The molecule has 0 bridgehead atoms. The smallest absolute Gasteiger partial charge is 0.264 e. The molecule has 8 heteroatoms. The molecule has 2 aromatic heterocycles. The van der Waals surface area contributed by atoms with Gasteiger partial charge < -0.3 is 10.6 Å². The van der Waals surface area contributed by atoms with Gasteiger partial charge in [0.05, 0.1) is 16.3 Å². The van der Waals surface area contributed by atoms with Crippen molar-refractivity contribution in [3.05, 3.63) is 46.7 Å². The summed E-state index contributed by atoms with van der Waals surface area (Å²) in [6, 6.07) is 8.34. The van der Waals surface area contributed by atoms with Gasteiger partial charge in [-0.25, -0.2) is 9.07 Å². The summed E-state index contributed by atoms with van der Waals surface area (Å²) in [5.41, 5.74) is 7.65. The molecule has 1 aliphatic heterocycles. The van der Waals surface area contributed by atoms with E-state index in [0.717, 1.165) is 52.4 Å². The summed E-state index contributed by atoms with van der Waals surface area (Å²) in [7, 11) is 0. The number of piperidine rings is 1. The van der Waals surface area contributed by atoms with Gasteiger partial charge in [-0.3, -0.25) is 4.79 Å². The summed E-state index contributed by atoms with van der Waals surface area (Å²) in [4.78, 5) is 16.5. The van der Waals surface area contributed by atoms with Crippen molar-refractivity contribution in [1.29, 1.82) is 0 Å². The van der Waals surface area contributed by atoms with Crippen molar-refractivity contribution in [1.82, 2.24) is 14.7 Å². The normalized spacial score (nSPS) is 16.2. The van der Waals surface area contributed by atoms with Crippen molar-refractivity contribution in [2.75, 3.05) is 13.1 Å². The maximum atomic E-state index is 13.2. The van der Waals surface area contributed by atoms with Gasteiger partial charge in [0.1, 0.15) is 10.6 Å². The molecule has 5 nitrogen and oxygen atoms in total. The molecule has 3 aromatic rings. The van der Waals surface area contributed by atoms with E-state index in [9.17, 15) is 9.18 Å². The van der Waals surface area contributed by atoms with Gasteiger partial charge in [0, 0.05) is 24.5 Å². The molecule has 4 rings (SSSR count). The number of amides is 1. The highest BCUT2D eigenvalue weighted by Gasteiger charge is 2.27. The standard InChI is InChI=1S/C20H23FN4OS.ClH/c1-12(22)14-7-9-24(10-8-14)19(26)18-11-17-13(2)23-25(20(17)27-18)16-5-3-15(21)4-6-16;/h3-6,11-12,14H,7-10,22H2,1-2H3;1H. The summed E-state index contributed by atoms with van der Waals surface area (Å²) in [6.45, 7) is 5.47. The van der Waals surface area contributed by atoms with Crippen molar-refractivity contribution < 1.29 is 9.18 Å². The fraction of sp³-hybridized carbons (Fsp3) is 0.400. The average Bonchev–Trinajstić information content (AvgIpc) is 3.23. The van der Waals surface area contributed by atoms with Crippen LogP contribution in [-0.2, 0) is 0 Å². The minimum Gasteiger partial charge on any atom is -0.338 e. The number of thiophene rings is 1. The van der Waals surface area contributed by atoms with Crippen LogP contribution in [0.1, 0.15) is 35.1 Å². The topological polar surface area (TPSA) is 64.2 Å². The number of rotatable bonds is 3. The third-order valence-electron chi connectivity index (χ3n) is 5.40. The van der Waals surface area contributed by atoms with Gasteiger partial charge in [-0.05, 0) is 62.9 Å². The molecular formula is C20H24ClFN4OS. The number of hydrogen-bond acceptors (Lipinski definition) is 4. The lowest BCUT2D eigenvalue weighted by atomic mass is 9.91. The Morgan fingerprint density at radius 2 is 1.93 bits per heavy atom. The Morgan fingerprint density at radius 1 is 1.29 bits per heavy atom. The van der Waals surface area contributed by atoms with Gasteiger partial charge in [0.25, 0.3) is 5.91 Å². The van der Waals surface area contributed by atoms with Gasteiger partial charge in [-0.15, -0.1) is 23.7 Å². The van der Waals surface area contributed by atoms with E-state index < -0.39 is 0 Å². The fourth-order valence-electron chi connectivity index (χ4n) is 3.69. The molecule has 3 heterocycles. The van der Waals surface area contributed by atoms with Crippen LogP contribution in [0.25, 0.3) is 15.9 Å². The van der Waals surface area contributed by atoms with E-state index in [1.807, 2.05) is 24.8 Å². The molecule has 0 spiro atoms. The Kier molecular flexibility index (Phi) is 6.07. The molecule has 1 amide bonds. The first-order valence-corrected chi connectivity index (χ1v) is 10.1. The number of carbonyl (C=O) groups excluding carboxylic acids is 1. The number of nitrogens with two attached hydrogens (primary N) is 1. The Morgan fingerprint density at radius 3 is 2.54 bits per heavy atom. The lowest BCUT2D eigenvalue weighted by molar-refractivity contribution is 0.0686. The molecule has 1 aliphatic rings. The van der Waals surface area contributed by atoms with E-state index in [1.165, 1.54) is 23.5 Å². The number of nitrogens with zero attached hydrogens (tertiary/aromatic N) is 3. The second kappa shape index (κ2) is 8.19. The highest BCUT2D eigenvalue weighted by Crippen LogP contribution is 2.32. The molecule has 0 radical (unpaired) electrons. The average molecular weight is 423 g/mol.